The summed E-state index contributed by atoms with van der Waals surface area (Å²) >= 11 is 6.00. The van der Waals surface area contributed by atoms with E-state index in [-0.39, 0.29) is 11.9 Å². The minimum absolute atomic E-state index is 0.219. The van der Waals surface area contributed by atoms with Crippen molar-refractivity contribution in [2.45, 2.75) is 32.9 Å². The van der Waals surface area contributed by atoms with Crippen LogP contribution in [-0.4, -0.2) is 24.5 Å². The van der Waals surface area contributed by atoms with Gasteiger partial charge in [-0.1, -0.05) is 31.5 Å². The zero-order valence-corrected chi connectivity index (χ0v) is 12.0. The molecule has 1 atom stereocenters. The minimum Gasteiger partial charge on any atom is -0.327 e. The van der Waals surface area contributed by atoms with Gasteiger partial charge in [0.2, 0.25) is 0 Å². The van der Waals surface area contributed by atoms with Gasteiger partial charge in [0.05, 0.1) is 0 Å². The Hall–Kier alpha value is -0.640. The molecule has 0 aromatic heterocycles. The third kappa shape index (κ3) is 4.92. The van der Waals surface area contributed by atoms with Gasteiger partial charge in [0.15, 0.2) is 0 Å². The van der Waals surface area contributed by atoms with Crippen molar-refractivity contribution in [1.82, 2.24) is 4.90 Å². The van der Waals surface area contributed by atoms with Crippen LogP contribution in [0.2, 0.25) is 5.02 Å². The van der Waals surface area contributed by atoms with E-state index in [1.165, 1.54) is 12.1 Å². The lowest BCUT2D eigenvalue weighted by Crippen LogP contribution is -2.31. The fourth-order valence-electron chi connectivity index (χ4n) is 1.72. The summed E-state index contributed by atoms with van der Waals surface area (Å²) < 4.78 is 12.9. The van der Waals surface area contributed by atoms with Gasteiger partial charge >= 0.3 is 0 Å². The van der Waals surface area contributed by atoms with E-state index in [4.69, 9.17) is 17.3 Å². The normalized spacial score (nSPS) is 13.3. The van der Waals surface area contributed by atoms with Gasteiger partial charge in [-0.05, 0) is 43.6 Å². The zero-order chi connectivity index (χ0) is 13.7. The van der Waals surface area contributed by atoms with Crippen molar-refractivity contribution in [2.75, 3.05) is 13.6 Å². The number of benzene rings is 1. The highest BCUT2D eigenvalue weighted by Gasteiger charge is 2.10. The topological polar surface area (TPSA) is 29.3 Å². The molecule has 0 saturated heterocycles. The van der Waals surface area contributed by atoms with Crippen molar-refractivity contribution in [3.05, 3.63) is 34.6 Å². The van der Waals surface area contributed by atoms with Crippen LogP contribution in [0.3, 0.4) is 0 Å². The quantitative estimate of drug-likeness (QED) is 0.861. The van der Waals surface area contributed by atoms with E-state index in [1.54, 1.807) is 6.07 Å². The summed E-state index contributed by atoms with van der Waals surface area (Å²) in [6.45, 7) is 5.87. The molecule has 1 rings (SSSR count). The molecule has 0 bridgehead atoms. The lowest BCUT2D eigenvalue weighted by atomic mass is 10.0. The van der Waals surface area contributed by atoms with Crippen LogP contribution in [0.5, 0.6) is 0 Å². The highest BCUT2D eigenvalue weighted by molar-refractivity contribution is 6.31. The fraction of sp³-hybridized carbons (Fsp3) is 0.571. The molecular weight excluding hydrogens is 251 g/mol. The monoisotopic (exact) mass is 272 g/mol. The first-order chi connectivity index (χ1) is 8.40. The molecule has 18 heavy (non-hydrogen) atoms. The molecule has 0 spiro atoms. The SMILES string of the molecule is CC(C)C(N)CCN(C)Cc1ccc(F)cc1Cl. The molecule has 102 valence electrons. The van der Waals surface area contributed by atoms with Gasteiger partial charge in [-0.2, -0.15) is 0 Å². The second-order valence-corrected chi connectivity index (χ2v) is 5.58. The maximum Gasteiger partial charge on any atom is 0.124 e. The highest BCUT2D eigenvalue weighted by Crippen LogP contribution is 2.18. The molecule has 0 fully saturated rings. The van der Waals surface area contributed by atoms with E-state index < -0.39 is 0 Å². The Bertz CT molecular complexity index is 382. The lowest BCUT2D eigenvalue weighted by Gasteiger charge is -2.21. The number of hydrogen-bond donors (Lipinski definition) is 1. The predicted octanol–water partition coefficient (Wildman–Crippen LogP) is 3.28. The van der Waals surface area contributed by atoms with Crippen LogP contribution in [0.4, 0.5) is 4.39 Å². The van der Waals surface area contributed by atoms with Gasteiger partial charge in [-0.25, -0.2) is 4.39 Å². The van der Waals surface area contributed by atoms with Crippen LogP contribution in [0.1, 0.15) is 25.8 Å². The molecule has 0 aliphatic rings. The molecule has 4 heteroatoms. The Balaban J connectivity index is 2.47. The Labute approximate surface area is 114 Å². The number of hydrogen-bond acceptors (Lipinski definition) is 2. The van der Waals surface area contributed by atoms with Crippen LogP contribution >= 0.6 is 11.6 Å². The van der Waals surface area contributed by atoms with Crippen LogP contribution < -0.4 is 5.73 Å². The van der Waals surface area contributed by atoms with E-state index in [1.807, 2.05) is 7.05 Å². The predicted molar refractivity (Wildman–Crippen MR) is 75.2 cm³/mol. The average molecular weight is 273 g/mol. The van der Waals surface area contributed by atoms with Crippen molar-refractivity contribution in [1.29, 1.82) is 0 Å². The summed E-state index contributed by atoms with van der Waals surface area (Å²) in [6.07, 6.45) is 0.951. The second kappa shape index (κ2) is 7.07. The number of nitrogens with two attached hydrogens (primary N) is 1. The van der Waals surface area contributed by atoms with Crippen molar-refractivity contribution in [3.8, 4) is 0 Å². The zero-order valence-electron chi connectivity index (χ0n) is 11.3. The average Bonchev–Trinajstić information content (AvgIpc) is 2.29. The second-order valence-electron chi connectivity index (χ2n) is 5.17. The van der Waals surface area contributed by atoms with Crippen molar-refractivity contribution in [2.24, 2.45) is 11.7 Å². The Kier molecular flexibility index (Phi) is 6.06. The molecule has 2 N–H and O–H groups in total. The molecule has 0 saturated carbocycles. The van der Waals surface area contributed by atoms with Gasteiger partial charge in [0.25, 0.3) is 0 Å². The van der Waals surface area contributed by atoms with Gasteiger partial charge in [0.1, 0.15) is 5.82 Å². The van der Waals surface area contributed by atoms with Crippen LogP contribution in [-0.2, 0) is 6.54 Å². The first kappa shape index (κ1) is 15.4. The Morgan fingerprint density at radius 3 is 2.61 bits per heavy atom. The number of rotatable bonds is 6. The smallest absolute Gasteiger partial charge is 0.124 e. The van der Waals surface area contributed by atoms with E-state index in [2.05, 4.69) is 18.7 Å². The molecule has 0 heterocycles. The summed E-state index contributed by atoms with van der Waals surface area (Å²) in [6, 6.07) is 4.74. The summed E-state index contributed by atoms with van der Waals surface area (Å²) in [5, 5.41) is 0.481. The summed E-state index contributed by atoms with van der Waals surface area (Å²) in [7, 11) is 2.02. The van der Waals surface area contributed by atoms with Crippen molar-refractivity contribution < 1.29 is 4.39 Å². The van der Waals surface area contributed by atoms with Gasteiger partial charge in [-0.3, -0.25) is 0 Å². The molecule has 0 amide bonds. The maximum atomic E-state index is 12.9. The standard InChI is InChI=1S/C14H22ClFN2/c1-10(2)14(17)6-7-18(3)9-11-4-5-12(16)8-13(11)15/h4-5,8,10,14H,6-7,9,17H2,1-3H3. The molecule has 1 aromatic carbocycles. The summed E-state index contributed by atoms with van der Waals surface area (Å²) in [5.74, 6) is 0.195. The third-order valence-corrected chi connectivity index (χ3v) is 3.51. The van der Waals surface area contributed by atoms with Crippen molar-refractivity contribution in [3.63, 3.8) is 0 Å². The molecule has 0 aliphatic heterocycles. The lowest BCUT2D eigenvalue weighted by molar-refractivity contribution is 0.296. The number of halogens is 2. The van der Waals surface area contributed by atoms with Gasteiger partial charge in [0, 0.05) is 17.6 Å². The largest absolute Gasteiger partial charge is 0.327 e. The minimum atomic E-state index is -0.298. The van der Waals surface area contributed by atoms with E-state index in [0.29, 0.717) is 17.5 Å². The third-order valence-electron chi connectivity index (χ3n) is 3.16. The highest BCUT2D eigenvalue weighted by atomic mass is 35.5. The Morgan fingerprint density at radius 2 is 2.06 bits per heavy atom. The van der Waals surface area contributed by atoms with Crippen LogP contribution in [0.15, 0.2) is 18.2 Å². The van der Waals surface area contributed by atoms with Crippen molar-refractivity contribution >= 4 is 11.6 Å². The molecule has 1 aromatic rings. The van der Waals surface area contributed by atoms with E-state index in [9.17, 15) is 4.39 Å². The summed E-state index contributed by atoms with van der Waals surface area (Å²) in [5.41, 5.74) is 6.95. The van der Waals surface area contributed by atoms with E-state index >= 15 is 0 Å². The van der Waals surface area contributed by atoms with Crippen LogP contribution in [0.25, 0.3) is 0 Å². The summed E-state index contributed by atoms with van der Waals surface area (Å²) in [4.78, 5) is 2.15. The first-order valence-corrected chi connectivity index (χ1v) is 6.66. The van der Waals surface area contributed by atoms with Gasteiger partial charge < -0.3 is 10.6 Å². The maximum absolute atomic E-state index is 12.9. The molecule has 0 aliphatic carbocycles. The van der Waals surface area contributed by atoms with Crippen LogP contribution in [0, 0.1) is 11.7 Å². The van der Waals surface area contributed by atoms with Gasteiger partial charge in [-0.15, -0.1) is 0 Å². The molecule has 1 unspecified atom stereocenters. The molecule has 0 radical (unpaired) electrons. The first-order valence-electron chi connectivity index (χ1n) is 6.28. The number of nitrogens with zero attached hydrogens (tertiary/aromatic N) is 1. The Morgan fingerprint density at radius 1 is 1.39 bits per heavy atom. The fourth-order valence-corrected chi connectivity index (χ4v) is 1.95. The molecule has 2 nitrogen and oxygen atoms in total. The van der Waals surface area contributed by atoms with E-state index in [0.717, 1.165) is 18.5 Å². The molecular formula is C14H22ClFN2.